The number of amides is 2. The number of ether oxygens (including phenoxy) is 1. The van der Waals surface area contributed by atoms with Gasteiger partial charge in [-0.15, -0.1) is 0 Å². The van der Waals surface area contributed by atoms with Gasteiger partial charge < -0.3 is 19.9 Å². The Balaban J connectivity index is 1.76. The van der Waals surface area contributed by atoms with Gasteiger partial charge in [-0.1, -0.05) is 11.6 Å². The number of carbonyl (C=O) groups is 2. The van der Waals surface area contributed by atoms with Crippen LogP contribution in [0, 0.1) is 0 Å². The molecule has 2 fully saturated rings. The molecule has 1 unspecified atom stereocenters. The average Bonchev–Trinajstić information content (AvgIpc) is 2.73. The Hall–Kier alpha value is -2.02. The molecular formula is C14H16ClN3O4. The molecule has 1 aromatic heterocycles. The van der Waals surface area contributed by atoms with Crippen molar-refractivity contribution in [2.45, 2.75) is 24.9 Å². The number of halogens is 1. The molecule has 0 radical (unpaired) electrons. The minimum absolute atomic E-state index is 0.0324. The molecular weight excluding hydrogens is 310 g/mol. The second-order valence-corrected chi connectivity index (χ2v) is 6.07. The number of H-pyrrole nitrogens is 1. The van der Waals surface area contributed by atoms with Gasteiger partial charge in [-0.3, -0.25) is 9.59 Å². The summed E-state index contributed by atoms with van der Waals surface area (Å²) in [7, 11) is 0. The van der Waals surface area contributed by atoms with Crippen LogP contribution in [0.5, 0.6) is 0 Å². The van der Waals surface area contributed by atoms with E-state index in [0.717, 1.165) is 0 Å². The standard InChI is InChI=1S/C14H16ClN3O4/c15-9-6-10(11(19)16-7-9)12(20)18-4-1-2-14(3-5-18)8-17-13(21)22-14/h6-7H,1-5,8H2,(H,16,19)(H,17,21). The maximum Gasteiger partial charge on any atom is 0.407 e. The molecule has 22 heavy (non-hydrogen) atoms. The molecule has 1 atom stereocenters. The van der Waals surface area contributed by atoms with Crippen LogP contribution in [0.2, 0.25) is 5.02 Å². The molecule has 2 amide bonds. The van der Waals surface area contributed by atoms with E-state index in [-0.39, 0.29) is 11.5 Å². The van der Waals surface area contributed by atoms with Gasteiger partial charge in [0.1, 0.15) is 11.2 Å². The van der Waals surface area contributed by atoms with Crippen molar-refractivity contribution in [3.05, 3.63) is 33.2 Å². The summed E-state index contributed by atoms with van der Waals surface area (Å²) in [6.45, 7) is 1.41. The van der Waals surface area contributed by atoms with Crippen LogP contribution in [0.3, 0.4) is 0 Å². The molecule has 3 heterocycles. The molecule has 118 valence electrons. The molecule has 8 heteroatoms. The van der Waals surface area contributed by atoms with Crippen molar-refractivity contribution in [3.63, 3.8) is 0 Å². The van der Waals surface area contributed by atoms with Gasteiger partial charge in [-0.05, 0) is 18.9 Å². The van der Waals surface area contributed by atoms with E-state index in [0.29, 0.717) is 43.9 Å². The Bertz CT molecular complexity index is 674. The lowest BCUT2D eigenvalue weighted by atomic mass is 9.95. The van der Waals surface area contributed by atoms with Crippen LogP contribution in [0.15, 0.2) is 17.1 Å². The lowest BCUT2D eigenvalue weighted by Gasteiger charge is -2.24. The Morgan fingerprint density at radius 3 is 2.86 bits per heavy atom. The number of rotatable bonds is 1. The number of likely N-dealkylation sites (tertiary alicyclic amines) is 1. The highest BCUT2D eigenvalue weighted by atomic mass is 35.5. The zero-order valence-corrected chi connectivity index (χ0v) is 12.6. The largest absolute Gasteiger partial charge is 0.441 e. The first-order chi connectivity index (χ1) is 10.5. The van der Waals surface area contributed by atoms with Crippen LogP contribution in [-0.4, -0.2) is 47.1 Å². The molecule has 0 aliphatic carbocycles. The fraction of sp³-hybridized carbons (Fsp3) is 0.500. The minimum Gasteiger partial charge on any atom is -0.441 e. The fourth-order valence-electron chi connectivity index (χ4n) is 2.94. The number of aromatic amines is 1. The van der Waals surface area contributed by atoms with Gasteiger partial charge in [0.25, 0.3) is 11.5 Å². The van der Waals surface area contributed by atoms with Crippen molar-refractivity contribution < 1.29 is 14.3 Å². The number of nitrogens with zero attached hydrogens (tertiary/aromatic N) is 1. The summed E-state index contributed by atoms with van der Waals surface area (Å²) in [5, 5.41) is 2.97. The van der Waals surface area contributed by atoms with E-state index in [9.17, 15) is 14.4 Å². The number of carbonyl (C=O) groups excluding carboxylic acids is 2. The van der Waals surface area contributed by atoms with E-state index in [4.69, 9.17) is 16.3 Å². The third-order valence-electron chi connectivity index (χ3n) is 4.15. The molecule has 1 spiro atoms. The van der Waals surface area contributed by atoms with E-state index >= 15 is 0 Å². The molecule has 3 rings (SSSR count). The highest BCUT2D eigenvalue weighted by Gasteiger charge is 2.42. The fourth-order valence-corrected chi connectivity index (χ4v) is 3.10. The maximum absolute atomic E-state index is 12.5. The third-order valence-corrected chi connectivity index (χ3v) is 4.37. The van der Waals surface area contributed by atoms with Gasteiger partial charge >= 0.3 is 6.09 Å². The Labute approximate surface area is 131 Å². The summed E-state index contributed by atoms with van der Waals surface area (Å²) in [6, 6.07) is 1.38. The lowest BCUT2D eigenvalue weighted by Crippen LogP contribution is -2.38. The molecule has 0 bridgehead atoms. The minimum atomic E-state index is -0.535. The Morgan fingerprint density at radius 2 is 2.14 bits per heavy atom. The predicted octanol–water partition coefficient (Wildman–Crippen LogP) is 1.13. The monoisotopic (exact) mass is 325 g/mol. The molecule has 7 nitrogen and oxygen atoms in total. The SMILES string of the molecule is O=C1NCC2(CCCN(C(=O)c3cc(Cl)c[nH]c3=O)CC2)O1. The quantitative estimate of drug-likeness (QED) is 0.809. The summed E-state index contributed by atoms with van der Waals surface area (Å²) in [4.78, 5) is 39.6. The van der Waals surface area contributed by atoms with E-state index in [2.05, 4.69) is 10.3 Å². The van der Waals surface area contributed by atoms with Crippen LogP contribution in [0.25, 0.3) is 0 Å². The average molecular weight is 326 g/mol. The topological polar surface area (TPSA) is 91.5 Å². The zero-order valence-electron chi connectivity index (χ0n) is 11.9. The van der Waals surface area contributed by atoms with Crippen molar-refractivity contribution in [1.82, 2.24) is 15.2 Å². The summed E-state index contributed by atoms with van der Waals surface area (Å²) in [6.07, 6.45) is 2.89. The highest BCUT2D eigenvalue weighted by molar-refractivity contribution is 6.30. The van der Waals surface area contributed by atoms with E-state index < -0.39 is 17.3 Å². The van der Waals surface area contributed by atoms with Crippen molar-refractivity contribution in [1.29, 1.82) is 0 Å². The zero-order chi connectivity index (χ0) is 15.7. The molecule has 2 saturated heterocycles. The van der Waals surface area contributed by atoms with Gasteiger partial charge in [-0.2, -0.15) is 0 Å². The predicted molar refractivity (Wildman–Crippen MR) is 79.0 cm³/mol. The lowest BCUT2D eigenvalue weighted by molar-refractivity contribution is 0.0438. The number of hydrogen-bond donors (Lipinski definition) is 2. The molecule has 0 aromatic carbocycles. The summed E-state index contributed by atoms with van der Waals surface area (Å²) >= 11 is 5.84. The number of hydrogen-bond acceptors (Lipinski definition) is 4. The van der Waals surface area contributed by atoms with Gasteiger partial charge in [0.05, 0.1) is 11.6 Å². The van der Waals surface area contributed by atoms with Gasteiger partial charge in [0.2, 0.25) is 0 Å². The van der Waals surface area contributed by atoms with Crippen LogP contribution in [0.1, 0.15) is 29.6 Å². The first-order valence-electron chi connectivity index (χ1n) is 7.13. The smallest absolute Gasteiger partial charge is 0.407 e. The first-order valence-corrected chi connectivity index (χ1v) is 7.51. The van der Waals surface area contributed by atoms with E-state index in [1.807, 2.05) is 0 Å². The van der Waals surface area contributed by atoms with Crippen LogP contribution in [-0.2, 0) is 4.74 Å². The molecule has 1 aromatic rings. The van der Waals surface area contributed by atoms with Crippen LogP contribution >= 0.6 is 11.6 Å². The first kappa shape index (κ1) is 14.9. The summed E-state index contributed by atoms with van der Waals surface area (Å²) in [5.41, 5.74) is -0.959. The Morgan fingerprint density at radius 1 is 1.32 bits per heavy atom. The molecule has 2 aliphatic rings. The highest BCUT2D eigenvalue weighted by Crippen LogP contribution is 2.29. The summed E-state index contributed by atoms with van der Waals surface area (Å²) in [5.74, 6) is -0.349. The normalized spacial score (nSPS) is 24.8. The number of alkyl carbamates (subject to hydrolysis) is 1. The Kier molecular flexibility index (Phi) is 3.82. The van der Waals surface area contributed by atoms with Crippen molar-refractivity contribution >= 4 is 23.6 Å². The maximum atomic E-state index is 12.5. The van der Waals surface area contributed by atoms with Gasteiger partial charge in [0, 0.05) is 25.7 Å². The second-order valence-electron chi connectivity index (χ2n) is 5.63. The van der Waals surface area contributed by atoms with Gasteiger partial charge in [0.15, 0.2) is 0 Å². The van der Waals surface area contributed by atoms with Crippen molar-refractivity contribution in [3.8, 4) is 0 Å². The van der Waals surface area contributed by atoms with Crippen molar-refractivity contribution in [2.75, 3.05) is 19.6 Å². The van der Waals surface area contributed by atoms with Crippen LogP contribution in [0.4, 0.5) is 4.79 Å². The molecule has 2 aliphatic heterocycles. The van der Waals surface area contributed by atoms with Gasteiger partial charge in [-0.25, -0.2) is 4.79 Å². The number of aromatic nitrogens is 1. The van der Waals surface area contributed by atoms with Crippen molar-refractivity contribution in [2.24, 2.45) is 0 Å². The summed E-state index contributed by atoms with van der Waals surface area (Å²) < 4.78 is 5.37. The third kappa shape index (κ3) is 2.81. The molecule has 2 N–H and O–H groups in total. The molecule has 0 saturated carbocycles. The van der Waals surface area contributed by atoms with E-state index in [1.54, 1.807) is 4.90 Å². The van der Waals surface area contributed by atoms with E-state index in [1.165, 1.54) is 12.3 Å². The number of nitrogens with one attached hydrogen (secondary N) is 2. The van der Waals surface area contributed by atoms with Crippen LogP contribution < -0.4 is 10.9 Å². The number of pyridine rings is 1. The second kappa shape index (κ2) is 5.64.